The first-order valence-electron chi connectivity index (χ1n) is 8.88. The van der Waals surface area contributed by atoms with Gasteiger partial charge in [-0.25, -0.2) is 8.42 Å². The fraction of sp³-hybridized carbons (Fsp3) is 0.368. The van der Waals surface area contributed by atoms with Gasteiger partial charge in [-0.3, -0.25) is 4.79 Å². The second-order valence-corrected chi connectivity index (χ2v) is 8.71. The van der Waals surface area contributed by atoms with E-state index in [-0.39, 0.29) is 36.3 Å². The van der Waals surface area contributed by atoms with Crippen molar-refractivity contribution >= 4 is 21.8 Å². The molecule has 0 spiro atoms. The predicted molar refractivity (Wildman–Crippen MR) is 106 cm³/mol. The molecule has 0 bridgehead atoms. The highest BCUT2D eigenvalue weighted by molar-refractivity contribution is 7.90. The molecule has 1 aromatic carbocycles. The summed E-state index contributed by atoms with van der Waals surface area (Å²) in [4.78, 5) is 14.2. The minimum atomic E-state index is -3.54. The molecule has 3 rings (SSSR count). The number of amidine groups is 1. The quantitative estimate of drug-likeness (QED) is 0.794. The minimum absolute atomic E-state index is 0.0625. The number of nitrogens with zero attached hydrogens (tertiary/aromatic N) is 2. The van der Waals surface area contributed by atoms with Gasteiger partial charge < -0.3 is 16.0 Å². The van der Waals surface area contributed by atoms with E-state index in [2.05, 4.69) is 23.6 Å². The maximum absolute atomic E-state index is 12.6. The molecule has 2 aliphatic rings. The van der Waals surface area contributed by atoms with Crippen LogP contribution >= 0.6 is 0 Å². The molecule has 2 aliphatic heterocycles. The van der Waals surface area contributed by atoms with E-state index in [0.717, 1.165) is 5.56 Å². The number of amides is 1. The maximum atomic E-state index is 12.6. The highest BCUT2D eigenvalue weighted by Gasteiger charge is 2.29. The van der Waals surface area contributed by atoms with Crippen LogP contribution in [-0.2, 0) is 14.8 Å². The van der Waals surface area contributed by atoms with Gasteiger partial charge in [0.1, 0.15) is 0 Å². The lowest BCUT2D eigenvalue weighted by molar-refractivity contribution is -0.117. The van der Waals surface area contributed by atoms with Crippen molar-refractivity contribution in [1.82, 2.24) is 10.2 Å². The maximum Gasteiger partial charge on any atom is 0.256 e. The van der Waals surface area contributed by atoms with Crippen LogP contribution in [0.25, 0.3) is 0 Å². The molecule has 0 saturated carbocycles. The largest absolute Gasteiger partial charge is 0.350 e. The smallest absolute Gasteiger partial charge is 0.256 e. The lowest BCUT2D eigenvalue weighted by atomic mass is 9.99. The van der Waals surface area contributed by atoms with Gasteiger partial charge in [-0.2, -0.15) is 0 Å². The Morgan fingerprint density at radius 1 is 1.26 bits per heavy atom. The number of allylic oxidation sites excluding steroid dienone is 2. The fourth-order valence-electron chi connectivity index (χ4n) is 2.94. The van der Waals surface area contributed by atoms with E-state index < -0.39 is 15.9 Å². The third kappa shape index (κ3) is 4.45. The van der Waals surface area contributed by atoms with Gasteiger partial charge in [-0.15, -0.1) is 4.40 Å². The third-order valence-corrected chi connectivity index (χ3v) is 5.77. The van der Waals surface area contributed by atoms with Crippen molar-refractivity contribution in [2.24, 2.45) is 10.1 Å². The van der Waals surface area contributed by atoms with Gasteiger partial charge in [0.15, 0.2) is 5.84 Å². The van der Waals surface area contributed by atoms with Crippen molar-refractivity contribution in [2.45, 2.75) is 25.8 Å². The Kier molecular flexibility index (Phi) is 5.48. The average Bonchev–Trinajstić information content (AvgIpc) is 2.64. The summed E-state index contributed by atoms with van der Waals surface area (Å²) in [6.07, 6.45) is 4.98. The van der Waals surface area contributed by atoms with Crippen LogP contribution in [0.3, 0.4) is 0 Å². The van der Waals surface area contributed by atoms with E-state index in [9.17, 15) is 13.2 Å². The second kappa shape index (κ2) is 7.66. The Labute approximate surface area is 159 Å². The lowest BCUT2D eigenvalue weighted by Gasteiger charge is -2.28. The van der Waals surface area contributed by atoms with Crippen molar-refractivity contribution in [3.63, 3.8) is 0 Å². The number of nitrogens with one attached hydrogen (secondary N) is 1. The summed E-state index contributed by atoms with van der Waals surface area (Å²) in [5.74, 6) is 0.148. The lowest BCUT2D eigenvalue weighted by Crippen LogP contribution is -2.43. The number of sulfonamides is 1. The molecule has 0 fully saturated rings. The molecular weight excluding hydrogens is 364 g/mol. The summed E-state index contributed by atoms with van der Waals surface area (Å²) in [6, 6.07) is 7.65. The molecule has 8 heteroatoms. The number of carbonyl (C=O) groups is 1. The first kappa shape index (κ1) is 19.3. The van der Waals surface area contributed by atoms with Gasteiger partial charge in [0.25, 0.3) is 15.9 Å². The summed E-state index contributed by atoms with van der Waals surface area (Å²) >= 11 is 0. The van der Waals surface area contributed by atoms with E-state index in [1.807, 2.05) is 24.3 Å². The van der Waals surface area contributed by atoms with E-state index in [4.69, 9.17) is 5.73 Å². The van der Waals surface area contributed by atoms with E-state index in [1.54, 1.807) is 23.3 Å². The van der Waals surface area contributed by atoms with Gasteiger partial charge in [-0.05, 0) is 29.2 Å². The molecule has 0 saturated heterocycles. The SMILES string of the molecule is CC(C)c1ccc(C(N)CNC(=O)C2=CC=CN3CCS(=O)(=O)N=C23)cc1. The number of nitrogens with two attached hydrogens (primary N) is 1. The molecule has 1 aromatic rings. The van der Waals surface area contributed by atoms with Crippen LogP contribution < -0.4 is 11.1 Å². The molecule has 1 amide bonds. The van der Waals surface area contributed by atoms with Gasteiger partial charge in [0.2, 0.25) is 0 Å². The molecule has 2 heterocycles. The average molecular weight is 388 g/mol. The second-order valence-electron chi connectivity index (χ2n) is 6.95. The molecule has 1 unspecified atom stereocenters. The number of rotatable bonds is 5. The summed E-state index contributed by atoms with van der Waals surface area (Å²) in [6.45, 7) is 4.77. The van der Waals surface area contributed by atoms with Crippen molar-refractivity contribution < 1.29 is 13.2 Å². The fourth-order valence-corrected chi connectivity index (χ4v) is 3.92. The highest BCUT2D eigenvalue weighted by atomic mass is 32.2. The van der Waals surface area contributed by atoms with Crippen LogP contribution in [0.1, 0.15) is 36.9 Å². The van der Waals surface area contributed by atoms with Crippen molar-refractivity contribution in [3.05, 3.63) is 59.3 Å². The van der Waals surface area contributed by atoms with Gasteiger partial charge in [0, 0.05) is 25.3 Å². The normalized spacial score (nSPS) is 19.2. The number of carbonyl (C=O) groups excluding carboxylic acids is 1. The zero-order chi connectivity index (χ0) is 19.6. The van der Waals surface area contributed by atoms with Crippen molar-refractivity contribution in [2.75, 3.05) is 18.8 Å². The van der Waals surface area contributed by atoms with Gasteiger partial charge in [-0.1, -0.05) is 38.1 Å². The first-order valence-corrected chi connectivity index (χ1v) is 10.5. The minimum Gasteiger partial charge on any atom is -0.350 e. The van der Waals surface area contributed by atoms with Crippen LogP contribution in [0.2, 0.25) is 0 Å². The standard InChI is InChI=1S/C19H24N4O3S/c1-13(2)14-5-7-15(8-6-14)17(20)12-21-19(24)16-4-3-9-23-10-11-27(25,26)22-18(16)23/h3-9,13,17H,10-12,20H2,1-2H3,(H,21,24). The van der Waals surface area contributed by atoms with Crippen LogP contribution in [0.15, 0.2) is 52.6 Å². The van der Waals surface area contributed by atoms with Crippen LogP contribution in [0.4, 0.5) is 0 Å². The Morgan fingerprint density at radius 3 is 2.59 bits per heavy atom. The van der Waals surface area contributed by atoms with Gasteiger partial charge >= 0.3 is 0 Å². The van der Waals surface area contributed by atoms with Crippen LogP contribution in [0.5, 0.6) is 0 Å². The number of hydrogen-bond acceptors (Lipinski definition) is 5. The molecule has 0 radical (unpaired) electrons. The number of hydrogen-bond donors (Lipinski definition) is 2. The predicted octanol–water partition coefficient (Wildman–Crippen LogP) is 1.42. The zero-order valence-corrected chi connectivity index (χ0v) is 16.2. The Hall–Kier alpha value is -2.45. The monoisotopic (exact) mass is 388 g/mol. The van der Waals surface area contributed by atoms with Crippen LogP contribution in [-0.4, -0.2) is 43.9 Å². The van der Waals surface area contributed by atoms with Gasteiger partial charge in [0.05, 0.1) is 11.3 Å². The van der Waals surface area contributed by atoms with Crippen molar-refractivity contribution in [3.8, 4) is 0 Å². The van der Waals surface area contributed by atoms with Crippen molar-refractivity contribution in [1.29, 1.82) is 0 Å². The molecular formula is C19H24N4O3S. The zero-order valence-electron chi connectivity index (χ0n) is 15.4. The number of benzene rings is 1. The summed E-state index contributed by atoms with van der Waals surface area (Å²) in [5.41, 5.74) is 8.57. The molecule has 0 aromatic heterocycles. The summed E-state index contributed by atoms with van der Waals surface area (Å²) in [7, 11) is -3.54. The Balaban J connectivity index is 1.67. The van der Waals surface area contributed by atoms with E-state index in [0.29, 0.717) is 5.92 Å². The summed E-state index contributed by atoms with van der Waals surface area (Å²) < 4.78 is 27.3. The topological polar surface area (TPSA) is 105 Å². The van der Waals surface area contributed by atoms with Crippen LogP contribution in [0, 0.1) is 0 Å². The highest BCUT2D eigenvalue weighted by Crippen LogP contribution is 2.19. The Morgan fingerprint density at radius 2 is 1.93 bits per heavy atom. The molecule has 1 atom stereocenters. The number of fused-ring (bicyclic) bond motifs is 1. The van der Waals surface area contributed by atoms with E-state index in [1.165, 1.54) is 5.56 Å². The first-order chi connectivity index (χ1) is 12.8. The van der Waals surface area contributed by atoms with E-state index >= 15 is 0 Å². The molecule has 27 heavy (non-hydrogen) atoms. The summed E-state index contributed by atoms with van der Waals surface area (Å²) in [5, 5.41) is 2.78. The molecule has 0 aliphatic carbocycles. The molecule has 144 valence electrons. The molecule has 7 nitrogen and oxygen atoms in total. The Bertz CT molecular complexity index is 915. The third-order valence-electron chi connectivity index (χ3n) is 4.62. The molecule has 3 N–H and O–H groups in total.